The third-order valence-corrected chi connectivity index (χ3v) is 5.30. The van der Waals surface area contributed by atoms with E-state index in [1.807, 2.05) is 48.7 Å². The molecule has 1 atom stereocenters. The lowest BCUT2D eigenvalue weighted by Crippen LogP contribution is -2.31. The highest BCUT2D eigenvalue weighted by Gasteiger charge is 2.19. The fraction of sp³-hybridized carbons (Fsp3) is 0.176. The normalized spacial score (nSPS) is 12.1. The van der Waals surface area contributed by atoms with Crippen LogP contribution in [0.15, 0.2) is 48.1 Å². The van der Waals surface area contributed by atoms with Gasteiger partial charge in [0.25, 0.3) is 0 Å². The summed E-state index contributed by atoms with van der Waals surface area (Å²) in [5.41, 5.74) is 2.21. The van der Waals surface area contributed by atoms with Crippen LogP contribution in [0, 0.1) is 6.92 Å². The van der Waals surface area contributed by atoms with Crippen molar-refractivity contribution in [2.45, 2.75) is 19.5 Å². The molecule has 7 heteroatoms. The Balaban J connectivity index is 1.80. The van der Waals surface area contributed by atoms with Gasteiger partial charge in [0, 0.05) is 4.88 Å². The van der Waals surface area contributed by atoms with E-state index in [0.717, 1.165) is 10.4 Å². The van der Waals surface area contributed by atoms with Crippen LogP contribution in [0.25, 0.3) is 0 Å². The van der Waals surface area contributed by atoms with Gasteiger partial charge >= 0.3 is 0 Å². The van der Waals surface area contributed by atoms with Gasteiger partial charge in [0.15, 0.2) is 5.15 Å². The quantitative estimate of drug-likeness (QED) is 0.710. The summed E-state index contributed by atoms with van der Waals surface area (Å²) < 4.78 is 1.51. The molecular formula is C17H15Cl2N3OS. The van der Waals surface area contributed by atoms with Crippen molar-refractivity contribution in [3.05, 3.63) is 74.4 Å². The minimum Gasteiger partial charge on any atom is -0.343 e. The molecule has 124 valence electrons. The summed E-state index contributed by atoms with van der Waals surface area (Å²) in [6.07, 6.45) is 1.45. The summed E-state index contributed by atoms with van der Waals surface area (Å²) >= 11 is 13.4. The fourth-order valence-electron chi connectivity index (χ4n) is 2.35. The molecule has 2 heterocycles. The van der Waals surface area contributed by atoms with Crippen molar-refractivity contribution < 1.29 is 4.79 Å². The number of nitrogens with zero attached hydrogens (tertiary/aromatic N) is 2. The summed E-state index contributed by atoms with van der Waals surface area (Å²) in [5.74, 6) is -0.162. The van der Waals surface area contributed by atoms with E-state index in [2.05, 4.69) is 10.3 Å². The molecular weight excluding hydrogens is 365 g/mol. The molecule has 0 saturated carbocycles. The molecule has 0 aliphatic carbocycles. The van der Waals surface area contributed by atoms with Crippen molar-refractivity contribution in [1.82, 2.24) is 14.9 Å². The molecule has 0 bridgehead atoms. The van der Waals surface area contributed by atoms with Gasteiger partial charge in [0.05, 0.1) is 12.4 Å². The fourth-order valence-corrected chi connectivity index (χ4v) is 3.45. The van der Waals surface area contributed by atoms with Crippen molar-refractivity contribution in [3.8, 4) is 0 Å². The number of rotatable bonds is 5. The highest BCUT2D eigenvalue weighted by molar-refractivity contribution is 7.10. The number of aromatic nitrogens is 2. The molecule has 3 rings (SSSR count). The number of hydrogen-bond donors (Lipinski definition) is 1. The first kappa shape index (κ1) is 17.0. The van der Waals surface area contributed by atoms with Crippen LogP contribution < -0.4 is 5.32 Å². The lowest BCUT2D eigenvalue weighted by atomic mass is 10.0. The standard InChI is InChI=1S/C17H15Cl2N3OS/c1-11-4-6-12(7-5-11)15(13-3-2-8-24-13)21-14(23)9-22-10-20-16(18)17(22)19/h2-8,10,15H,9H2,1H3,(H,21,23)/t15-/m0/s1. The lowest BCUT2D eigenvalue weighted by molar-refractivity contribution is -0.122. The van der Waals surface area contributed by atoms with Crippen molar-refractivity contribution in [3.63, 3.8) is 0 Å². The predicted molar refractivity (Wildman–Crippen MR) is 97.7 cm³/mol. The van der Waals surface area contributed by atoms with Crippen LogP contribution in [0.3, 0.4) is 0 Å². The number of benzene rings is 1. The summed E-state index contributed by atoms with van der Waals surface area (Å²) in [6.45, 7) is 2.10. The van der Waals surface area contributed by atoms with Crippen LogP contribution in [0.4, 0.5) is 0 Å². The Bertz CT molecular complexity index is 828. The smallest absolute Gasteiger partial charge is 0.240 e. The van der Waals surface area contributed by atoms with Crippen molar-refractivity contribution in [2.24, 2.45) is 0 Å². The number of halogens is 2. The summed E-state index contributed by atoms with van der Waals surface area (Å²) in [6, 6.07) is 11.9. The van der Waals surface area contributed by atoms with Crippen LogP contribution in [-0.4, -0.2) is 15.5 Å². The maximum atomic E-state index is 12.5. The summed E-state index contributed by atoms with van der Waals surface area (Å²) in [5, 5.41) is 5.51. The minimum atomic E-state index is -0.198. The van der Waals surface area contributed by atoms with E-state index < -0.39 is 0 Å². The van der Waals surface area contributed by atoms with Gasteiger partial charge in [-0.25, -0.2) is 4.98 Å². The molecule has 3 aromatic rings. The number of thiophene rings is 1. The van der Waals surface area contributed by atoms with Gasteiger partial charge in [-0.15, -0.1) is 11.3 Å². The topological polar surface area (TPSA) is 46.9 Å². The maximum Gasteiger partial charge on any atom is 0.240 e. The monoisotopic (exact) mass is 379 g/mol. The number of carbonyl (C=O) groups is 1. The summed E-state index contributed by atoms with van der Waals surface area (Å²) in [7, 11) is 0. The average molecular weight is 380 g/mol. The Labute approximate surface area is 154 Å². The van der Waals surface area contributed by atoms with E-state index in [9.17, 15) is 4.79 Å². The molecule has 0 unspecified atom stereocenters. The Morgan fingerprint density at radius 1 is 1.29 bits per heavy atom. The van der Waals surface area contributed by atoms with Crippen LogP contribution in [0.5, 0.6) is 0 Å². The van der Waals surface area contributed by atoms with E-state index in [1.165, 1.54) is 16.5 Å². The largest absolute Gasteiger partial charge is 0.343 e. The number of nitrogens with one attached hydrogen (secondary N) is 1. The zero-order valence-electron chi connectivity index (χ0n) is 12.9. The van der Waals surface area contributed by atoms with Gasteiger partial charge in [-0.1, -0.05) is 59.1 Å². The van der Waals surface area contributed by atoms with Crippen molar-refractivity contribution in [2.75, 3.05) is 0 Å². The Hall–Kier alpha value is -1.82. The van der Waals surface area contributed by atoms with Crippen LogP contribution >= 0.6 is 34.5 Å². The maximum absolute atomic E-state index is 12.5. The molecule has 0 radical (unpaired) electrons. The van der Waals surface area contributed by atoms with E-state index >= 15 is 0 Å². The van der Waals surface area contributed by atoms with Gasteiger partial charge in [0.2, 0.25) is 5.91 Å². The van der Waals surface area contributed by atoms with Gasteiger partial charge in [0.1, 0.15) is 11.7 Å². The first-order valence-electron chi connectivity index (χ1n) is 7.30. The highest BCUT2D eigenvalue weighted by atomic mass is 35.5. The van der Waals surface area contributed by atoms with E-state index in [4.69, 9.17) is 23.2 Å². The number of aryl methyl sites for hydroxylation is 1. The lowest BCUT2D eigenvalue weighted by Gasteiger charge is -2.18. The summed E-state index contributed by atoms with van der Waals surface area (Å²) in [4.78, 5) is 17.4. The number of imidazole rings is 1. The Morgan fingerprint density at radius 2 is 2.04 bits per heavy atom. The van der Waals surface area contributed by atoms with E-state index in [0.29, 0.717) is 0 Å². The molecule has 0 spiro atoms. The molecule has 0 aliphatic heterocycles. The SMILES string of the molecule is Cc1ccc([C@H](NC(=O)Cn2cnc(Cl)c2Cl)c2cccs2)cc1. The average Bonchev–Trinajstić information content (AvgIpc) is 3.20. The van der Waals surface area contributed by atoms with Crippen LogP contribution in [0.1, 0.15) is 22.0 Å². The van der Waals surface area contributed by atoms with Crippen LogP contribution in [-0.2, 0) is 11.3 Å². The highest BCUT2D eigenvalue weighted by Crippen LogP contribution is 2.26. The number of hydrogen-bond acceptors (Lipinski definition) is 3. The number of amides is 1. The first-order valence-corrected chi connectivity index (χ1v) is 8.93. The van der Waals surface area contributed by atoms with Crippen molar-refractivity contribution >= 4 is 40.4 Å². The van der Waals surface area contributed by atoms with Gasteiger partial charge < -0.3 is 9.88 Å². The van der Waals surface area contributed by atoms with Gasteiger partial charge in [-0.05, 0) is 23.9 Å². The van der Waals surface area contributed by atoms with Crippen molar-refractivity contribution in [1.29, 1.82) is 0 Å². The molecule has 1 N–H and O–H groups in total. The zero-order valence-corrected chi connectivity index (χ0v) is 15.2. The number of carbonyl (C=O) groups excluding carboxylic acids is 1. The Morgan fingerprint density at radius 3 is 2.62 bits per heavy atom. The zero-order chi connectivity index (χ0) is 17.1. The molecule has 1 amide bonds. The third kappa shape index (κ3) is 3.80. The predicted octanol–water partition coefficient (Wildman–Crippen LogP) is 4.47. The molecule has 24 heavy (non-hydrogen) atoms. The molecule has 4 nitrogen and oxygen atoms in total. The molecule has 0 saturated heterocycles. The molecule has 1 aromatic carbocycles. The second-order valence-electron chi connectivity index (χ2n) is 5.38. The van der Waals surface area contributed by atoms with Gasteiger partial charge in [-0.2, -0.15) is 0 Å². The Kier molecular flexibility index (Phi) is 5.23. The molecule has 0 fully saturated rings. The second-order valence-corrected chi connectivity index (χ2v) is 7.08. The van der Waals surface area contributed by atoms with E-state index in [-0.39, 0.29) is 28.8 Å². The minimum absolute atomic E-state index is 0.0618. The first-order chi connectivity index (χ1) is 11.5. The molecule has 0 aliphatic rings. The second kappa shape index (κ2) is 7.38. The van der Waals surface area contributed by atoms with Gasteiger partial charge in [-0.3, -0.25) is 4.79 Å². The van der Waals surface area contributed by atoms with Crippen LogP contribution in [0.2, 0.25) is 10.3 Å². The van der Waals surface area contributed by atoms with E-state index in [1.54, 1.807) is 11.3 Å². The third-order valence-electron chi connectivity index (χ3n) is 3.59. The molecule has 2 aromatic heterocycles.